The third-order valence-corrected chi connectivity index (χ3v) is 2.09. The van der Waals surface area contributed by atoms with Crippen molar-refractivity contribution < 1.29 is 4.92 Å². The van der Waals surface area contributed by atoms with E-state index in [9.17, 15) is 10.1 Å². The van der Waals surface area contributed by atoms with Gasteiger partial charge in [0.05, 0.1) is 15.5 Å². The highest BCUT2D eigenvalue weighted by molar-refractivity contribution is 6.32. The van der Waals surface area contributed by atoms with Crippen molar-refractivity contribution in [2.24, 2.45) is 0 Å². The summed E-state index contributed by atoms with van der Waals surface area (Å²) in [4.78, 5) is 10.1. The normalized spacial score (nSPS) is 8.69. The van der Waals surface area contributed by atoms with Crippen molar-refractivity contribution in [3.05, 3.63) is 44.5 Å². The Hall–Kier alpha value is -2.37. The first-order valence-electron chi connectivity index (χ1n) is 4.05. The molecule has 78 valence electrons. The highest BCUT2D eigenvalue weighted by Gasteiger charge is 2.15. The first-order chi connectivity index (χ1) is 7.60. The second kappa shape index (κ2) is 4.92. The van der Waals surface area contributed by atoms with Crippen LogP contribution in [0.25, 0.3) is 6.08 Å². The number of hydrogen-bond donors (Lipinski definition) is 0. The molecule has 0 saturated heterocycles. The lowest BCUT2D eigenvalue weighted by atomic mass is 10.1. The van der Waals surface area contributed by atoms with E-state index in [4.69, 9.17) is 22.1 Å². The van der Waals surface area contributed by atoms with Crippen LogP contribution in [0.15, 0.2) is 23.8 Å². The van der Waals surface area contributed by atoms with Gasteiger partial charge >= 0.3 is 0 Å². The highest BCUT2D eigenvalue weighted by Crippen LogP contribution is 2.28. The summed E-state index contributed by atoms with van der Waals surface area (Å²) in [6.07, 6.45) is 1.10. The molecule has 1 aromatic rings. The van der Waals surface area contributed by atoms with Gasteiger partial charge in [-0.05, 0) is 12.1 Å². The summed E-state index contributed by atoms with van der Waals surface area (Å²) < 4.78 is 0. The van der Waals surface area contributed by atoms with E-state index in [-0.39, 0.29) is 21.8 Å². The maximum atomic E-state index is 10.7. The zero-order valence-corrected chi connectivity index (χ0v) is 8.60. The van der Waals surface area contributed by atoms with E-state index in [1.807, 2.05) is 0 Å². The maximum absolute atomic E-state index is 10.7. The van der Waals surface area contributed by atoms with Gasteiger partial charge in [0.2, 0.25) is 0 Å². The van der Waals surface area contributed by atoms with Gasteiger partial charge in [-0.25, -0.2) is 0 Å². The first kappa shape index (κ1) is 11.7. The number of halogens is 1. The molecule has 0 aliphatic heterocycles. The Bertz CT molecular complexity index is 536. The van der Waals surface area contributed by atoms with E-state index in [1.54, 1.807) is 12.1 Å². The maximum Gasteiger partial charge on any atom is 0.278 e. The molecular weight excluding hydrogens is 230 g/mol. The number of hydrogen-bond acceptors (Lipinski definition) is 4. The molecule has 0 N–H and O–H groups in total. The fourth-order valence-electron chi connectivity index (χ4n) is 1.06. The molecule has 0 amide bonds. The molecule has 0 aliphatic carbocycles. The lowest BCUT2D eigenvalue weighted by Crippen LogP contribution is -1.92. The monoisotopic (exact) mass is 233 g/mol. The Kier molecular flexibility index (Phi) is 3.60. The molecule has 1 aromatic carbocycles. The second-order valence-electron chi connectivity index (χ2n) is 2.71. The molecule has 0 heterocycles. The molecule has 5 nitrogen and oxygen atoms in total. The molecule has 0 bridgehead atoms. The Balaban J connectivity index is 3.45. The average Bonchev–Trinajstić information content (AvgIpc) is 2.27. The van der Waals surface area contributed by atoms with E-state index in [0.717, 1.165) is 6.08 Å². The number of nitriles is 2. The van der Waals surface area contributed by atoms with Crippen LogP contribution in [0.3, 0.4) is 0 Å². The second-order valence-corrected chi connectivity index (χ2v) is 3.12. The molecule has 0 saturated carbocycles. The molecule has 0 radical (unpaired) electrons. The third-order valence-electron chi connectivity index (χ3n) is 1.76. The standard InChI is InChI=1S/C10H4ClN3O2/c11-9-2-1-3-10(14(15)16)8(9)4-7(5-12)6-13/h1-4H. The van der Waals surface area contributed by atoms with Gasteiger partial charge in [0.25, 0.3) is 5.69 Å². The van der Waals surface area contributed by atoms with Crippen molar-refractivity contribution in [1.82, 2.24) is 0 Å². The Morgan fingerprint density at radius 3 is 2.56 bits per heavy atom. The van der Waals surface area contributed by atoms with Crippen LogP contribution in [0.4, 0.5) is 5.69 Å². The van der Waals surface area contributed by atoms with Crippen LogP contribution in [0.2, 0.25) is 5.02 Å². The first-order valence-corrected chi connectivity index (χ1v) is 4.42. The van der Waals surface area contributed by atoms with Crippen LogP contribution in [-0.4, -0.2) is 4.92 Å². The zero-order valence-electron chi connectivity index (χ0n) is 7.85. The van der Waals surface area contributed by atoms with Crippen molar-refractivity contribution in [2.75, 3.05) is 0 Å². The average molecular weight is 234 g/mol. The zero-order chi connectivity index (χ0) is 12.1. The minimum Gasteiger partial charge on any atom is -0.258 e. The fourth-order valence-corrected chi connectivity index (χ4v) is 1.29. The molecular formula is C10H4ClN3O2. The molecule has 0 atom stereocenters. The fraction of sp³-hybridized carbons (Fsp3) is 0. The molecule has 0 spiro atoms. The van der Waals surface area contributed by atoms with E-state index < -0.39 is 4.92 Å². The minimum absolute atomic E-state index is 0.0623. The van der Waals surface area contributed by atoms with Gasteiger partial charge < -0.3 is 0 Å². The number of benzene rings is 1. The molecule has 0 aliphatic rings. The molecule has 0 fully saturated rings. The van der Waals surface area contributed by atoms with Crippen molar-refractivity contribution in [3.8, 4) is 12.1 Å². The van der Waals surface area contributed by atoms with Crippen LogP contribution < -0.4 is 0 Å². The summed E-state index contributed by atoms with van der Waals surface area (Å²) in [5.41, 5.74) is -0.418. The van der Waals surface area contributed by atoms with Gasteiger partial charge in [0.1, 0.15) is 17.7 Å². The number of allylic oxidation sites excluding steroid dienone is 1. The van der Waals surface area contributed by atoms with Crippen molar-refractivity contribution in [1.29, 1.82) is 10.5 Å². The third kappa shape index (κ3) is 2.35. The lowest BCUT2D eigenvalue weighted by Gasteiger charge is -1.99. The van der Waals surface area contributed by atoms with Crippen LogP contribution in [0.1, 0.15) is 5.56 Å². The summed E-state index contributed by atoms with van der Waals surface area (Å²) in [6, 6.07) is 7.36. The summed E-state index contributed by atoms with van der Waals surface area (Å²) in [6.45, 7) is 0. The molecule has 16 heavy (non-hydrogen) atoms. The largest absolute Gasteiger partial charge is 0.278 e. The lowest BCUT2D eigenvalue weighted by molar-refractivity contribution is -0.385. The van der Waals surface area contributed by atoms with Crippen LogP contribution >= 0.6 is 11.6 Å². The number of nitro benzene ring substituents is 1. The van der Waals surface area contributed by atoms with E-state index >= 15 is 0 Å². The predicted molar refractivity (Wildman–Crippen MR) is 57.3 cm³/mol. The van der Waals surface area contributed by atoms with Gasteiger partial charge in [-0.15, -0.1) is 0 Å². The molecule has 0 unspecified atom stereocenters. The van der Waals surface area contributed by atoms with Crippen molar-refractivity contribution in [2.45, 2.75) is 0 Å². The van der Waals surface area contributed by atoms with Gasteiger partial charge in [-0.2, -0.15) is 10.5 Å². The topological polar surface area (TPSA) is 90.7 Å². The van der Waals surface area contributed by atoms with E-state index in [2.05, 4.69) is 0 Å². The van der Waals surface area contributed by atoms with Gasteiger partial charge in [-0.3, -0.25) is 10.1 Å². The van der Waals surface area contributed by atoms with Crippen LogP contribution in [-0.2, 0) is 0 Å². The van der Waals surface area contributed by atoms with Gasteiger partial charge in [0, 0.05) is 6.07 Å². The summed E-state index contributed by atoms with van der Waals surface area (Å²) in [7, 11) is 0. The minimum atomic E-state index is -0.621. The van der Waals surface area contributed by atoms with Crippen molar-refractivity contribution >= 4 is 23.4 Å². The smallest absolute Gasteiger partial charge is 0.258 e. The summed E-state index contributed by atoms with van der Waals surface area (Å²) >= 11 is 5.76. The predicted octanol–water partition coefficient (Wildman–Crippen LogP) is 2.68. The number of rotatable bonds is 2. The Morgan fingerprint density at radius 1 is 1.44 bits per heavy atom. The SMILES string of the molecule is N#CC(C#N)=Cc1c(Cl)cccc1[N+](=O)[O-]. The summed E-state index contributed by atoms with van der Waals surface area (Å²) in [5.74, 6) is 0. The van der Waals surface area contributed by atoms with E-state index in [1.165, 1.54) is 18.2 Å². The molecule has 0 aromatic heterocycles. The van der Waals surface area contributed by atoms with E-state index in [0.29, 0.717) is 0 Å². The van der Waals surface area contributed by atoms with Crippen LogP contribution in [0, 0.1) is 32.8 Å². The number of nitro groups is 1. The van der Waals surface area contributed by atoms with Crippen LogP contribution in [0.5, 0.6) is 0 Å². The number of nitrogens with zero attached hydrogens (tertiary/aromatic N) is 3. The van der Waals surface area contributed by atoms with Crippen molar-refractivity contribution in [3.63, 3.8) is 0 Å². The molecule has 6 heteroatoms. The summed E-state index contributed by atoms with van der Waals surface area (Å²) in [5, 5.41) is 27.9. The Morgan fingerprint density at radius 2 is 2.06 bits per heavy atom. The van der Waals surface area contributed by atoms with Gasteiger partial charge in [-0.1, -0.05) is 17.7 Å². The van der Waals surface area contributed by atoms with Gasteiger partial charge in [0.15, 0.2) is 0 Å². The highest BCUT2D eigenvalue weighted by atomic mass is 35.5. The Labute approximate surface area is 95.9 Å². The molecule has 1 rings (SSSR count). The quantitative estimate of drug-likeness (QED) is 0.446.